The first-order valence-electron chi connectivity index (χ1n) is 21.0. The summed E-state index contributed by atoms with van der Waals surface area (Å²) >= 11 is 1.49. The van der Waals surface area contributed by atoms with E-state index in [1.165, 1.54) is 26.0 Å². The predicted octanol–water partition coefficient (Wildman–Crippen LogP) is 5.99. The van der Waals surface area contributed by atoms with Gasteiger partial charge in [-0.3, -0.25) is 15.0 Å². The number of carbonyl (C=O) groups excluding carboxylic acids is 2. The molecule has 2 saturated heterocycles. The van der Waals surface area contributed by atoms with Gasteiger partial charge < -0.3 is 44.0 Å². The van der Waals surface area contributed by atoms with Crippen LogP contribution in [-0.4, -0.2) is 85.1 Å². The number of nitriles is 1. The van der Waals surface area contributed by atoms with Gasteiger partial charge in [0, 0.05) is 53.1 Å². The maximum atomic E-state index is 14.9. The van der Waals surface area contributed by atoms with E-state index in [9.17, 15) is 25.1 Å². The van der Waals surface area contributed by atoms with Crippen LogP contribution >= 0.6 is 11.8 Å². The normalized spacial score (nSPS) is 27.2. The number of aromatic hydroxyl groups is 2. The van der Waals surface area contributed by atoms with Crippen molar-refractivity contribution in [1.82, 2.24) is 15.5 Å². The number of rotatable bonds is 9. The third-order valence-corrected chi connectivity index (χ3v) is 14.9. The summed E-state index contributed by atoms with van der Waals surface area (Å²) in [6.07, 6.45) is 6.11. The van der Waals surface area contributed by atoms with Gasteiger partial charge in [0.05, 0.1) is 37.6 Å². The maximum absolute atomic E-state index is 14.9. The number of esters is 2. The van der Waals surface area contributed by atoms with E-state index in [-0.39, 0.29) is 54.8 Å². The molecule has 10 rings (SSSR count). The van der Waals surface area contributed by atoms with Gasteiger partial charge in [0.15, 0.2) is 40.0 Å². The van der Waals surface area contributed by atoms with Crippen LogP contribution in [-0.2, 0) is 32.7 Å². The molecule has 0 amide bonds. The van der Waals surface area contributed by atoms with Crippen LogP contribution in [0.15, 0.2) is 18.2 Å². The fourth-order valence-electron chi connectivity index (χ4n) is 10.7. The first-order chi connectivity index (χ1) is 29.1. The summed E-state index contributed by atoms with van der Waals surface area (Å²) in [6.45, 7) is 6.13. The van der Waals surface area contributed by atoms with E-state index in [0.717, 1.165) is 42.4 Å². The van der Waals surface area contributed by atoms with Gasteiger partial charge in [-0.25, -0.2) is 4.79 Å². The molecule has 2 unspecified atom stereocenters. The molecule has 7 aliphatic rings. The second kappa shape index (κ2) is 15.9. The zero-order valence-electron chi connectivity index (χ0n) is 34.6. The summed E-state index contributed by atoms with van der Waals surface area (Å²) in [4.78, 5) is 30.9. The van der Waals surface area contributed by atoms with E-state index >= 15 is 0 Å². The van der Waals surface area contributed by atoms with Gasteiger partial charge in [-0.1, -0.05) is 38.7 Å². The Balaban J connectivity index is 1.27. The second-order valence-electron chi connectivity index (χ2n) is 16.7. The number of nitrogens with one attached hydrogen (secondary N) is 2. The van der Waals surface area contributed by atoms with E-state index in [1.807, 2.05) is 19.9 Å². The van der Waals surface area contributed by atoms with Crippen LogP contribution in [0.1, 0.15) is 107 Å². The van der Waals surface area contributed by atoms with Gasteiger partial charge in [0.25, 0.3) is 0 Å². The molecule has 0 saturated carbocycles. The van der Waals surface area contributed by atoms with Crippen LogP contribution in [0.5, 0.6) is 40.2 Å². The second-order valence-corrected chi connectivity index (χ2v) is 17.8. The molecular formula is C45H52N4O10S. The average molecular weight is 841 g/mol. The average Bonchev–Trinajstić information content (AvgIpc) is 3.73. The third-order valence-electron chi connectivity index (χ3n) is 13.4. The SMILES string of the molecule is CCCCCCCC(=O)Oc1c(C)c2c(c3c1[C@H]1SC[C@]4(NCCc5cc(O)c(OC)cc54)C(=O)OC[C@@H]3N3C1[C@H]1NC(Cc4cc(C)c(OC)c(O)c41)[C@@H]3C#N)OCO2. The van der Waals surface area contributed by atoms with Crippen LogP contribution < -0.4 is 34.3 Å². The number of thioether (sulfide) groups is 1. The fraction of sp³-hybridized carbons (Fsp3) is 0.533. The summed E-state index contributed by atoms with van der Waals surface area (Å²) in [5.41, 5.74) is 4.45. The number of phenols is 2. The number of benzene rings is 3. The number of piperazine rings is 1. The van der Waals surface area contributed by atoms with E-state index in [1.54, 1.807) is 12.1 Å². The molecule has 4 bridgehead atoms. The molecule has 0 radical (unpaired) electrons. The standard InChI is InChI=1S/C45H52N4O10S/c1-6-7-8-9-10-11-32(51)59-40-23(3)41-42(58-21-57-41)34-29-19-56-44(53)45(26-17-31(54-4)30(50)16-24(26)12-13-47-45)20-60-43(35(34)40)37-36-33-25(14-22(2)39(55-5)38(33)52)15-27(48-36)28(18-46)49(29)37/h14,16-17,27-29,36-37,43,47-48,50,52H,6-13,15,19-21H2,1-5H3/t27?,28-,29-,36-,37?,43+,45+/m0/s1. The first-order valence-corrected chi connectivity index (χ1v) is 22.0. The lowest BCUT2D eigenvalue weighted by Crippen LogP contribution is -2.69. The highest BCUT2D eigenvalue weighted by Crippen LogP contribution is 2.63. The van der Waals surface area contributed by atoms with Crippen LogP contribution in [0.2, 0.25) is 0 Å². The fourth-order valence-corrected chi connectivity index (χ4v) is 12.4. The molecule has 15 heteroatoms. The molecule has 1 spiro atoms. The van der Waals surface area contributed by atoms with Crippen LogP contribution in [0.3, 0.4) is 0 Å². The monoisotopic (exact) mass is 840 g/mol. The van der Waals surface area contributed by atoms with Crippen molar-refractivity contribution in [3.63, 3.8) is 0 Å². The Morgan fingerprint density at radius 2 is 1.82 bits per heavy atom. The zero-order chi connectivity index (χ0) is 42.0. The number of unbranched alkanes of at least 4 members (excludes halogenated alkanes) is 4. The minimum atomic E-state index is -1.37. The first kappa shape index (κ1) is 40.5. The number of carbonyl (C=O) groups is 2. The van der Waals surface area contributed by atoms with Gasteiger partial charge in [-0.2, -0.15) is 5.26 Å². The molecule has 60 heavy (non-hydrogen) atoms. The summed E-state index contributed by atoms with van der Waals surface area (Å²) in [5.74, 6) is 1.21. The van der Waals surface area contributed by atoms with E-state index < -0.39 is 40.9 Å². The van der Waals surface area contributed by atoms with Gasteiger partial charge in [-0.15, -0.1) is 11.8 Å². The number of methoxy groups -OCH3 is 2. The number of aryl methyl sites for hydroxylation is 1. The minimum absolute atomic E-state index is 0.0204. The predicted molar refractivity (Wildman–Crippen MR) is 221 cm³/mol. The van der Waals surface area contributed by atoms with Gasteiger partial charge in [-0.05, 0) is 67.5 Å². The maximum Gasteiger partial charge on any atom is 0.331 e. The Hall–Kier alpha value is -4.88. The number of hydrogen-bond donors (Lipinski definition) is 4. The van der Waals surface area contributed by atoms with Crippen molar-refractivity contribution in [2.24, 2.45) is 0 Å². The Morgan fingerprint density at radius 3 is 2.58 bits per heavy atom. The highest BCUT2D eigenvalue weighted by molar-refractivity contribution is 7.99. The largest absolute Gasteiger partial charge is 0.504 e. The zero-order valence-corrected chi connectivity index (χ0v) is 35.5. The molecule has 0 aliphatic carbocycles. The van der Waals surface area contributed by atoms with Gasteiger partial charge >= 0.3 is 11.9 Å². The van der Waals surface area contributed by atoms with Crippen molar-refractivity contribution in [1.29, 1.82) is 5.26 Å². The number of fused-ring (bicyclic) bond motifs is 9. The number of hydrogen-bond acceptors (Lipinski definition) is 15. The molecule has 14 nitrogen and oxygen atoms in total. The summed E-state index contributed by atoms with van der Waals surface area (Å²) < 4.78 is 36.7. The van der Waals surface area contributed by atoms with Crippen molar-refractivity contribution in [2.45, 2.75) is 113 Å². The topological polar surface area (TPSA) is 181 Å². The molecule has 7 heterocycles. The Kier molecular flexibility index (Phi) is 10.7. The lowest BCUT2D eigenvalue weighted by Gasteiger charge is -2.59. The van der Waals surface area contributed by atoms with Crippen LogP contribution in [0.25, 0.3) is 0 Å². The lowest BCUT2D eigenvalue weighted by molar-refractivity contribution is -0.155. The molecule has 3 aromatic carbocycles. The lowest BCUT2D eigenvalue weighted by atomic mass is 9.72. The number of nitrogens with zero attached hydrogens (tertiary/aromatic N) is 2. The van der Waals surface area contributed by atoms with Crippen molar-refractivity contribution in [2.75, 3.05) is 39.9 Å². The van der Waals surface area contributed by atoms with E-state index in [0.29, 0.717) is 76.6 Å². The van der Waals surface area contributed by atoms with Gasteiger partial charge in [0.1, 0.15) is 18.4 Å². The quantitative estimate of drug-likeness (QED) is 0.112. The molecule has 3 aromatic rings. The molecule has 7 atom stereocenters. The molecule has 2 fully saturated rings. The summed E-state index contributed by atoms with van der Waals surface area (Å²) in [5, 5.41) is 40.7. The minimum Gasteiger partial charge on any atom is -0.504 e. The van der Waals surface area contributed by atoms with Crippen molar-refractivity contribution >= 4 is 23.7 Å². The molecule has 0 aromatic heterocycles. The molecule has 7 aliphatic heterocycles. The van der Waals surface area contributed by atoms with E-state index in [4.69, 9.17) is 28.4 Å². The molecule has 318 valence electrons. The summed E-state index contributed by atoms with van der Waals surface area (Å²) in [6, 6.07) is 5.14. The summed E-state index contributed by atoms with van der Waals surface area (Å²) in [7, 11) is 3.01. The number of phenolic OH excluding ortho intramolecular Hbond substituents is 2. The van der Waals surface area contributed by atoms with Crippen molar-refractivity contribution < 1.29 is 48.2 Å². The Labute approximate surface area is 353 Å². The van der Waals surface area contributed by atoms with Crippen molar-refractivity contribution in [3.05, 3.63) is 62.7 Å². The molecular weight excluding hydrogens is 789 g/mol. The highest BCUT2D eigenvalue weighted by atomic mass is 32.2. The van der Waals surface area contributed by atoms with Gasteiger partial charge in [0.2, 0.25) is 6.79 Å². The smallest absolute Gasteiger partial charge is 0.331 e. The third kappa shape index (κ3) is 6.24. The van der Waals surface area contributed by atoms with E-state index in [2.05, 4.69) is 28.5 Å². The van der Waals surface area contributed by atoms with Crippen molar-refractivity contribution in [3.8, 4) is 46.3 Å². The van der Waals surface area contributed by atoms with Crippen LogP contribution in [0, 0.1) is 25.2 Å². The Morgan fingerprint density at radius 1 is 1.02 bits per heavy atom. The highest BCUT2D eigenvalue weighted by Gasteiger charge is 2.60. The van der Waals surface area contributed by atoms with Crippen LogP contribution in [0.4, 0.5) is 0 Å². The molecule has 4 N–H and O–H groups in total. The number of ether oxygens (including phenoxy) is 6. The Bertz CT molecular complexity index is 2300.